The van der Waals surface area contributed by atoms with E-state index in [1.54, 1.807) is 5.56 Å². The fourth-order valence-electron chi connectivity index (χ4n) is 3.84. The Morgan fingerprint density at radius 3 is 2.60 bits per heavy atom. The monoisotopic (exact) mass is 271 g/mol. The Balaban J connectivity index is 1.61. The summed E-state index contributed by atoms with van der Waals surface area (Å²) >= 11 is 0. The Morgan fingerprint density at radius 2 is 1.90 bits per heavy atom. The summed E-state index contributed by atoms with van der Waals surface area (Å²) in [7, 11) is 0. The summed E-state index contributed by atoms with van der Waals surface area (Å²) in [5.74, 6) is 2.61. The van der Waals surface area contributed by atoms with Gasteiger partial charge in [-0.2, -0.15) is 0 Å². The number of hydrogen-bond acceptors (Lipinski definition) is 1. The standard InChI is InChI=1S/C19H29N/c1-15-6-5-7-16(12-15)13-18(14-20-19-10-11-19)17-8-3-2-4-9-17/h2-4,8-9,15-16,18-20H,5-7,10-14H2,1H3. The van der Waals surface area contributed by atoms with E-state index in [4.69, 9.17) is 0 Å². The Labute approximate surface area is 124 Å². The molecule has 0 aromatic heterocycles. The molecule has 0 amide bonds. The van der Waals surface area contributed by atoms with Crippen molar-refractivity contribution in [2.75, 3.05) is 6.54 Å². The maximum atomic E-state index is 3.76. The third-order valence-electron chi connectivity index (χ3n) is 5.16. The van der Waals surface area contributed by atoms with Crippen molar-refractivity contribution in [2.24, 2.45) is 11.8 Å². The Morgan fingerprint density at radius 1 is 1.10 bits per heavy atom. The minimum atomic E-state index is 0.715. The number of benzene rings is 1. The average Bonchev–Trinajstić information content (AvgIpc) is 3.29. The summed E-state index contributed by atoms with van der Waals surface area (Å²) in [4.78, 5) is 0. The third kappa shape index (κ3) is 4.09. The number of hydrogen-bond donors (Lipinski definition) is 1. The Kier molecular flexibility index (Phi) is 4.77. The van der Waals surface area contributed by atoms with Crippen molar-refractivity contribution in [3.8, 4) is 0 Å². The van der Waals surface area contributed by atoms with Crippen molar-refractivity contribution in [3.05, 3.63) is 35.9 Å². The number of nitrogens with one attached hydrogen (secondary N) is 1. The van der Waals surface area contributed by atoms with Crippen LogP contribution in [-0.4, -0.2) is 12.6 Å². The molecule has 2 fully saturated rings. The van der Waals surface area contributed by atoms with Gasteiger partial charge in [0.2, 0.25) is 0 Å². The molecule has 20 heavy (non-hydrogen) atoms. The van der Waals surface area contributed by atoms with Gasteiger partial charge in [-0.05, 0) is 49.0 Å². The smallest absolute Gasteiger partial charge is 0.00684 e. The van der Waals surface area contributed by atoms with Crippen LogP contribution in [0.5, 0.6) is 0 Å². The second-order valence-electron chi connectivity index (χ2n) is 7.16. The molecule has 1 N–H and O–H groups in total. The van der Waals surface area contributed by atoms with Gasteiger partial charge in [-0.15, -0.1) is 0 Å². The maximum absolute atomic E-state index is 3.76. The van der Waals surface area contributed by atoms with E-state index < -0.39 is 0 Å². The van der Waals surface area contributed by atoms with Crippen molar-refractivity contribution < 1.29 is 0 Å². The molecule has 2 aliphatic rings. The van der Waals surface area contributed by atoms with Gasteiger partial charge in [-0.25, -0.2) is 0 Å². The first-order valence-corrected chi connectivity index (χ1v) is 8.59. The minimum Gasteiger partial charge on any atom is -0.313 e. The minimum absolute atomic E-state index is 0.715. The molecule has 1 nitrogen and oxygen atoms in total. The fourth-order valence-corrected chi connectivity index (χ4v) is 3.84. The summed E-state index contributed by atoms with van der Waals surface area (Å²) in [6.45, 7) is 3.62. The molecule has 0 saturated heterocycles. The van der Waals surface area contributed by atoms with Gasteiger partial charge >= 0.3 is 0 Å². The van der Waals surface area contributed by atoms with Crippen LogP contribution in [0.25, 0.3) is 0 Å². The van der Waals surface area contributed by atoms with Crippen molar-refractivity contribution in [3.63, 3.8) is 0 Å². The highest BCUT2D eigenvalue weighted by Gasteiger charge is 2.26. The largest absolute Gasteiger partial charge is 0.313 e. The summed E-state index contributed by atoms with van der Waals surface area (Å²) in [5.41, 5.74) is 1.54. The Hall–Kier alpha value is -0.820. The predicted octanol–water partition coefficient (Wildman–Crippen LogP) is 4.74. The lowest BCUT2D eigenvalue weighted by Crippen LogP contribution is -2.26. The fraction of sp³-hybridized carbons (Fsp3) is 0.684. The van der Waals surface area contributed by atoms with E-state index in [0.717, 1.165) is 17.9 Å². The molecule has 0 heterocycles. The van der Waals surface area contributed by atoms with Gasteiger partial charge < -0.3 is 5.32 Å². The quantitative estimate of drug-likeness (QED) is 0.788. The van der Waals surface area contributed by atoms with Crippen molar-refractivity contribution in [2.45, 2.75) is 63.8 Å². The van der Waals surface area contributed by atoms with Crippen LogP contribution in [0.4, 0.5) is 0 Å². The first kappa shape index (κ1) is 14.1. The topological polar surface area (TPSA) is 12.0 Å². The van der Waals surface area contributed by atoms with Gasteiger partial charge in [0.05, 0.1) is 0 Å². The second kappa shape index (κ2) is 6.76. The van der Waals surface area contributed by atoms with E-state index in [0.29, 0.717) is 5.92 Å². The molecule has 0 aliphatic heterocycles. The molecule has 0 bridgehead atoms. The molecule has 110 valence electrons. The predicted molar refractivity (Wildman–Crippen MR) is 85.9 cm³/mol. The van der Waals surface area contributed by atoms with Crippen LogP contribution in [0.15, 0.2) is 30.3 Å². The zero-order valence-corrected chi connectivity index (χ0v) is 12.9. The van der Waals surface area contributed by atoms with Crippen molar-refractivity contribution in [1.29, 1.82) is 0 Å². The van der Waals surface area contributed by atoms with E-state index in [1.165, 1.54) is 51.5 Å². The average molecular weight is 271 g/mol. The summed E-state index contributed by atoms with van der Waals surface area (Å²) in [6, 6.07) is 12.0. The highest BCUT2D eigenvalue weighted by molar-refractivity contribution is 5.20. The molecular formula is C19H29N. The van der Waals surface area contributed by atoms with Gasteiger partial charge in [0.15, 0.2) is 0 Å². The van der Waals surface area contributed by atoms with E-state index in [9.17, 15) is 0 Å². The normalized spacial score (nSPS) is 28.2. The highest BCUT2D eigenvalue weighted by Crippen LogP contribution is 2.35. The van der Waals surface area contributed by atoms with Crippen LogP contribution >= 0.6 is 0 Å². The van der Waals surface area contributed by atoms with Gasteiger partial charge in [0.1, 0.15) is 0 Å². The molecule has 3 rings (SSSR count). The first-order chi connectivity index (χ1) is 9.81. The van der Waals surface area contributed by atoms with Crippen LogP contribution < -0.4 is 5.32 Å². The van der Waals surface area contributed by atoms with E-state index in [-0.39, 0.29) is 0 Å². The Bertz CT molecular complexity index is 395. The van der Waals surface area contributed by atoms with E-state index >= 15 is 0 Å². The zero-order valence-electron chi connectivity index (χ0n) is 12.9. The zero-order chi connectivity index (χ0) is 13.8. The third-order valence-corrected chi connectivity index (χ3v) is 5.16. The van der Waals surface area contributed by atoms with Crippen LogP contribution in [0.3, 0.4) is 0 Å². The lowest BCUT2D eigenvalue weighted by Gasteiger charge is -2.30. The SMILES string of the molecule is CC1CCCC(CC(CNC2CC2)c2ccccc2)C1. The summed E-state index contributed by atoms with van der Waals surface area (Å²) < 4.78 is 0. The van der Waals surface area contributed by atoms with Gasteiger partial charge in [0, 0.05) is 12.6 Å². The molecule has 1 aromatic carbocycles. The maximum Gasteiger partial charge on any atom is 0.00684 e. The molecule has 2 aliphatic carbocycles. The van der Waals surface area contributed by atoms with Crippen molar-refractivity contribution in [1.82, 2.24) is 5.32 Å². The molecule has 1 aromatic rings. The van der Waals surface area contributed by atoms with E-state index in [1.807, 2.05) is 0 Å². The van der Waals surface area contributed by atoms with Gasteiger partial charge in [-0.1, -0.05) is 56.5 Å². The molecule has 2 saturated carbocycles. The van der Waals surface area contributed by atoms with E-state index in [2.05, 4.69) is 42.6 Å². The van der Waals surface area contributed by atoms with Gasteiger partial charge in [0.25, 0.3) is 0 Å². The summed E-state index contributed by atoms with van der Waals surface area (Å²) in [5, 5.41) is 3.76. The molecule has 3 unspecified atom stereocenters. The second-order valence-corrected chi connectivity index (χ2v) is 7.16. The highest BCUT2D eigenvalue weighted by atomic mass is 14.9. The molecule has 3 atom stereocenters. The van der Waals surface area contributed by atoms with Crippen LogP contribution in [0.2, 0.25) is 0 Å². The van der Waals surface area contributed by atoms with Crippen LogP contribution in [0.1, 0.15) is 63.4 Å². The molecule has 1 heteroatoms. The van der Waals surface area contributed by atoms with Crippen molar-refractivity contribution >= 4 is 0 Å². The lowest BCUT2D eigenvalue weighted by atomic mass is 9.77. The molecule has 0 spiro atoms. The first-order valence-electron chi connectivity index (χ1n) is 8.59. The lowest BCUT2D eigenvalue weighted by molar-refractivity contribution is 0.255. The molecular weight excluding hydrogens is 242 g/mol. The van der Waals surface area contributed by atoms with Crippen LogP contribution in [0, 0.1) is 11.8 Å². The molecule has 0 radical (unpaired) electrons. The number of rotatable bonds is 6. The van der Waals surface area contributed by atoms with Gasteiger partial charge in [-0.3, -0.25) is 0 Å². The van der Waals surface area contributed by atoms with Crippen LogP contribution in [-0.2, 0) is 0 Å². The summed E-state index contributed by atoms with van der Waals surface area (Å²) in [6.07, 6.45) is 9.97.